The first kappa shape index (κ1) is 81.2. The molecule has 0 spiro atoms. The zero-order valence-electron chi connectivity index (χ0n) is 56.0. The Morgan fingerprint density at radius 1 is 0.447 bits per heavy atom. The van der Waals surface area contributed by atoms with Gasteiger partial charge in [0.15, 0.2) is 12.4 Å². The number of aliphatic hydroxyl groups excluding tert-OH is 5. The zero-order valence-corrected chi connectivity index (χ0v) is 56.0. The molecule has 0 bridgehead atoms. The molecule has 502 valence electrons. The van der Waals surface area contributed by atoms with Crippen molar-refractivity contribution in [1.29, 1.82) is 0 Å². The van der Waals surface area contributed by atoms with Crippen LogP contribution in [0.1, 0.15) is 374 Å². The Bertz CT molecular complexity index is 1480. The molecule has 11 nitrogen and oxygen atoms in total. The summed E-state index contributed by atoms with van der Waals surface area (Å²) in [4.78, 5) is 26.7. The van der Waals surface area contributed by atoms with Crippen LogP contribution in [-0.2, 0) is 23.8 Å². The maximum atomic E-state index is 13.5. The topological polar surface area (TPSA) is 175 Å². The summed E-state index contributed by atoms with van der Waals surface area (Å²) in [7, 11) is 0. The van der Waals surface area contributed by atoms with E-state index in [1.54, 1.807) is 6.08 Å². The van der Waals surface area contributed by atoms with Crippen LogP contribution >= 0.6 is 0 Å². The van der Waals surface area contributed by atoms with Gasteiger partial charge in [0.25, 0.3) is 0 Å². The molecule has 6 N–H and O–H groups in total. The summed E-state index contributed by atoms with van der Waals surface area (Å²) in [6.45, 7) is 5.85. The molecule has 0 aromatic carbocycles. The lowest BCUT2D eigenvalue weighted by Gasteiger charge is -2.41. The first-order valence-corrected chi connectivity index (χ1v) is 37.1. The van der Waals surface area contributed by atoms with E-state index in [0.717, 1.165) is 64.2 Å². The van der Waals surface area contributed by atoms with Gasteiger partial charge in [0.1, 0.15) is 24.4 Å². The fraction of sp³-hybridized carbons (Fsp3) is 0.919. The van der Waals surface area contributed by atoms with E-state index in [2.05, 4.69) is 38.2 Å². The van der Waals surface area contributed by atoms with Crippen LogP contribution < -0.4 is 5.32 Å². The van der Waals surface area contributed by atoms with Crippen molar-refractivity contribution in [1.82, 2.24) is 5.32 Å². The number of carbonyl (C=O) groups excluding carboxylic acids is 2. The van der Waals surface area contributed by atoms with Gasteiger partial charge in [-0.15, -0.1) is 0 Å². The molecule has 0 aromatic heterocycles. The predicted molar refractivity (Wildman–Crippen MR) is 357 cm³/mol. The van der Waals surface area contributed by atoms with Crippen molar-refractivity contribution in [3.8, 4) is 0 Å². The summed E-state index contributed by atoms with van der Waals surface area (Å²) < 4.78 is 17.7. The number of hydrogen-bond donors (Lipinski definition) is 6. The van der Waals surface area contributed by atoms with Crippen molar-refractivity contribution >= 4 is 11.9 Å². The van der Waals surface area contributed by atoms with E-state index in [4.69, 9.17) is 14.2 Å². The van der Waals surface area contributed by atoms with E-state index in [0.29, 0.717) is 19.3 Å². The number of nitrogens with one attached hydrogen (secondary N) is 1. The standard InChI is InChI=1S/C74H141NO10/c1-4-7-10-13-16-19-22-25-27-29-31-32-33-34-35-36-37-39-41-44-47-50-53-56-59-62-69(79)85-72-71(81)70(80)68(63-76)84-74(72)83-64-65(66(77)60-57-54-51-48-45-42-24-21-18-15-12-9-6-3)75-73(82)67(78)61-58-55-52-49-46-43-40-38-30-28-26-23-20-17-14-11-8-5-2/h26,28,57,60,65-68,70-72,74,76-78,80-81H,4-25,27,29-56,58-59,61-64H2,1-3H3,(H,75,82)/b28-26+,60-57+. The van der Waals surface area contributed by atoms with Crippen LogP contribution in [0.4, 0.5) is 0 Å². The highest BCUT2D eigenvalue weighted by atomic mass is 16.7. The molecular weight excluding hydrogens is 1060 g/mol. The maximum absolute atomic E-state index is 13.5. The van der Waals surface area contributed by atoms with Crippen molar-refractivity contribution in [2.45, 2.75) is 423 Å². The molecule has 11 heteroatoms. The number of ether oxygens (including phenoxy) is 3. The van der Waals surface area contributed by atoms with Crippen molar-refractivity contribution < 1.29 is 49.3 Å². The smallest absolute Gasteiger partial charge is 0.306 e. The number of allylic oxidation sites excluding steroid dienone is 3. The average Bonchev–Trinajstić information content (AvgIpc) is 3.21. The number of carbonyl (C=O) groups is 2. The maximum Gasteiger partial charge on any atom is 0.306 e. The summed E-state index contributed by atoms with van der Waals surface area (Å²) in [6.07, 6.45) is 65.1. The van der Waals surface area contributed by atoms with Gasteiger partial charge in [0.2, 0.25) is 5.91 Å². The molecule has 1 aliphatic rings. The average molecular weight is 1200 g/mol. The van der Waals surface area contributed by atoms with Crippen LogP contribution in [0.3, 0.4) is 0 Å². The SMILES string of the molecule is CCCCCCCC/C=C/CCCCCCCCCCC(O)C(=O)NC(COC1OC(CO)C(O)C(O)C1OC(=O)CCCCCCCCCCCCCCCCCCCCCCCCCCC)C(O)/C=C/CCCCCCCCCCCCC. The molecule has 1 rings (SSSR count). The van der Waals surface area contributed by atoms with Crippen molar-refractivity contribution in [2.24, 2.45) is 0 Å². The van der Waals surface area contributed by atoms with E-state index < -0.39 is 67.4 Å². The van der Waals surface area contributed by atoms with Crippen LogP contribution in [0.2, 0.25) is 0 Å². The quantitative estimate of drug-likeness (QED) is 0.0195. The zero-order chi connectivity index (χ0) is 61.7. The molecule has 8 atom stereocenters. The van der Waals surface area contributed by atoms with Gasteiger partial charge in [0, 0.05) is 6.42 Å². The largest absolute Gasteiger partial charge is 0.454 e. The third-order valence-corrected chi connectivity index (χ3v) is 17.9. The van der Waals surface area contributed by atoms with Gasteiger partial charge in [-0.2, -0.15) is 0 Å². The summed E-state index contributed by atoms with van der Waals surface area (Å²) >= 11 is 0. The molecule has 1 fully saturated rings. The monoisotopic (exact) mass is 1200 g/mol. The molecule has 0 aromatic rings. The number of hydrogen-bond acceptors (Lipinski definition) is 10. The molecule has 1 saturated heterocycles. The van der Waals surface area contributed by atoms with Gasteiger partial charge in [0.05, 0.1) is 25.4 Å². The molecule has 1 aliphatic heterocycles. The van der Waals surface area contributed by atoms with Crippen LogP contribution in [0.5, 0.6) is 0 Å². The number of amides is 1. The number of rotatable bonds is 65. The summed E-state index contributed by atoms with van der Waals surface area (Å²) in [5.41, 5.74) is 0. The van der Waals surface area contributed by atoms with Gasteiger partial charge >= 0.3 is 5.97 Å². The van der Waals surface area contributed by atoms with Crippen molar-refractivity contribution in [2.75, 3.05) is 13.2 Å². The van der Waals surface area contributed by atoms with Crippen LogP contribution in [0, 0.1) is 0 Å². The van der Waals surface area contributed by atoms with E-state index in [1.165, 1.54) is 263 Å². The van der Waals surface area contributed by atoms with Gasteiger partial charge in [-0.05, 0) is 51.4 Å². The van der Waals surface area contributed by atoms with E-state index in [-0.39, 0.29) is 13.0 Å². The van der Waals surface area contributed by atoms with Crippen LogP contribution in [0.25, 0.3) is 0 Å². The lowest BCUT2D eigenvalue weighted by atomic mass is 9.99. The fourth-order valence-electron chi connectivity index (χ4n) is 12.0. The van der Waals surface area contributed by atoms with E-state index in [9.17, 15) is 35.1 Å². The van der Waals surface area contributed by atoms with Crippen molar-refractivity contribution in [3.63, 3.8) is 0 Å². The molecule has 8 unspecified atom stereocenters. The van der Waals surface area contributed by atoms with Gasteiger partial charge in [-0.1, -0.05) is 340 Å². The molecule has 0 saturated carbocycles. The van der Waals surface area contributed by atoms with Gasteiger partial charge in [-0.3, -0.25) is 9.59 Å². The summed E-state index contributed by atoms with van der Waals surface area (Å²) in [6, 6.07) is -1.02. The Labute approximate surface area is 524 Å². The minimum Gasteiger partial charge on any atom is -0.454 e. The van der Waals surface area contributed by atoms with Gasteiger partial charge in [-0.25, -0.2) is 0 Å². The first-order valence-electron chi connectivity index (χ1n) is 37.1. The lowest BCUT2D eigenvalue weighted by molar-refractivity contribution is -0.305. The minimum atomic E-state index is -1.61. The molecule has 1 amide bonds. The Balaban J connectivity index is 2.54. The summed E-state index contributed by atoms with van der Waals surface area (Å²) in [5.74, 6) is -1.18. The Hall–Kier alpha value is -1.86. The predicted octanol–water partition coefficient (Wildman–Crippen LogP) is 19.2. The fourth-order valence-corrected chi connectivity index (χ4v) is 12.0. The molecular formula is C74H141NO10. The highest BCUT2D eigenvalue weighted by Crippen LogP contribution is 2.27. The highest BCUT2D eigenvalue weighted by Gasteiger charge is 2.47. The summed E-state index contributed by atoms with van der Waals surface area (Å²) in [5, 5.41) is 57.3. The second kappa shape index (κ2) is 62.3. The molecule has 0 aliphatic carbocycles. The highest BCUT2D eigenvalue weighted by molar-refractivity contribution is 5.80. The van der Waals surface area contributed by atoms with E-state index >= 15 is 0 Å². The third kappa shape index (κ3) is 49.6. The van der Waals surface area contributed by atoms with E-state index in [1.807, 2.05) is 6.08 Å². The number of esters is 1. The van der Waals surface area contributed by atoms with Crippen molar-refractivity contribution in [3.05, 3.63) is 24.3 Å². The van der Waals surface area contributed by atoms with Gasteiger partial charge < -0.3 is 45.1 Å². The second-order valence-corrected chi connectivity index (χ2v) is 26.0. The lowest BCUT2D eigenvalue weighted by Crippen LogP contribution is -2.61. The molecule has 1 heterocycles. The van der Waals surface area contributed by atoms with Crippen LogP contribution in [-0.4, -0.2) is 99.6 Å². The third-order valence-electron chi connectivity index (χ3n) is 17.9. The molecule has 0 radical (unpaired) electrons. The second-order valence-electron chi connectivity index (χ2n) is 26.0. The number of aliphatic hydroxyl groups is 5. The Morgan fingerprint density at radius 3 is 1.14 bits per heavy atom. The van der Waals surface area contributed by atoms with Crippen LogP contribution in [0.15, 0.2) is 24.3 Å². The first-order chi connectivity index (χ1) is 41.7. The Morgan fingerprint density at radius 2 is 0.776 bits per heavy atom. The Kier molecular flexibility index (Phi) is 59.5. The molecule has 85 heavy (non-hydrogen) atoms. The normalized spacial score (nSPS) is 18.4. The minimum absolute atomic E-state index is 0.130. The number of unbranched alkanes of at least 4 members (excludes halogenated alkanes) is 49.